The Bertz CT molecular complexity index is 1240. The third-order valence-corrected chi connectivity index (χ3v) is 4.91. The predicted molar refractivity (Wildman–Crippen MR) is 109 cm³/mol. The van der Waals surface area contributed by atoms with E-state index in [1.807, 2.05) is 20.8 Å². The zero-order valence-corrected chi connectivity index (χ0v) is 17.9. The summed E-state index contributed by atoms with van der Waals surface area (Å²) in [5.74, 6) is -0.550. The summed E-state index contributed by atoms with van der Waals surface area (Å²) in [4.78, 5) is 17.1. The first-order chi connectivity index (χ1) is 13.4. The van der Waals surface area contributed by atoms with Gasteiger partial charge in [-0.2, -0.15) is 8.42 Å². The van der Waals surface area contributed by atoms with Crippen LogP contribution in [0.4, 0.5) is 4.39 Å². The van der Waals surface area contributed by atoms with Gasteiger partial charge in [0.05, 0.1) is 24.1 Å². The number of nitrogens with zero attached hydrogens (tertiary/aromatic N) is 3. The van der Waals surface area contributed by atoms with E-state index in [-0.39, 0.29) is 23.3 Å². The highest BCUT2D eigenvalue weighted by Crippen LogP contribution is 2.26. The molecule has 9 heteroatoms. The number of hydrogen-bond donors (Lipinski definition) is 0. The monoisotopic (exact) mass is 421 g/mol. The van der Waals surface area contributed by atoms with Gasteiger partial charge in [0.15, 0.2) is 5.65 Å². The van der Waals surface area contributed by atoms with Crippen LogP contribution in [0.3, 0.4) is 0 Å². The van der Waals surface area contributed by atoms with Crippen molar-refractivity contribution in [3.05, 3.63) is 52.2 Å². The second-order valence-electron chi connectivity index (χ2n) is 8.31. The Hall–Kier alpha value is -2.52. The van der Waals surface area contributed by atoms with Crippen LogP contribution in [0.2, 0.25) is 0 Å². The van der Waals surface area contributed by atoms with E-state index in [9.17, 15) is 17.6 Å². The lowest BCUT2D eigenvalue weighted by Gasteiger charge is -2.18. The molecular formula is C20H24FN3O4S. The number of rotatable bonds is 5. The zero-order valence-electron chi connectivity index (χ0n) is 17.1. The van der Waals surface area contributed by atoms with Crippen molar-refractivity contribution in [2.45, 2.75) is 33.9 Å². The van der Waals surface area contributed by atoms with Gasteiger partial charge in [-0.25, -0.2) is 14.2 Å². The molecule has 156 valence electrons. The maximum absolute atomic E-state index is 14.6. The second-order valence-corrected chi connectivity index (χ2v) is 9.95. The van der Waals surface area contributed by atoms with Crippen LogP contribution in [0.1, 0.15) is 26.3 Å². The molecule has 2 aromatic heterocycles. The standard InChI is InChI=1S/C20H24FN3O4S/c1-20(2,3)12-24-17-9-8-16(22-18(17)23(4)19(24)25)14-7-6-13(10-15(14)21)11-28-29(5,26)27/h6-10H,11-12H2,1-5H3. The van der Waals surface area contributed by atoms with E-state index in [0.717, 1.165) is 6.26 Å². The molecule has 0 saturated heterocycles. The van der Waals surface area contributed by atoms with E-state index in [0.29, 0.717) is 29.0 Å². The molecule has 3 rings (SSSR count). The van der Waals surface area contributed by atoms with Gasteiger partial charge >= 0.3 is 5.69 Å². The molecule has 0 aliphatic rings. The average molecular weight is 421 g/mol. The van der Waals surface area contributed by atoms with Crippen molar-refractivity contribution in [3.63, 3.8) is 0 Å². The summed E-state index contributed by atoms with van der Waals surface area (Å²) in [6.07, 6.45) is 0.937. The van der Waals surface area contributed by atoms with Crippen LogP contribution < -0.4 is 5.69 Å². The number of benzene rings is 1. The molecule has 7 nitrogen and oxygen atoms in total. The van der Waals surface area contributed by atoms with Gasteiger partial charge in [0, 0.05) is 19.2 Å². The molecule has 0 fully saturated rings. The number of aromatic nitrogens is 3. The summed E-state index contributed by atoms with van der Waals surface area (Å²) in [6, 6.07) is 7.77. The molecule has 0 radical (unpaired) electrons. The van der Waals surface area contributed by atoms with Crippen LogP contribution in [0.5, 0.6) is 0 Å². The van der Waals surface area contributed by atoms with Gasteiger partial charge in [0.25, 0.3) is 10.1 Å². The van der Waals surface area contributed by atoms with Gasteiger partial charge in [-0.15, -0.1) is 0 Å². The van der Waals surface area contributed by atoms with Crippen molar-refractivity contribution in [2.75, 3.05) is 6.26 Å². The molecule has 0 amide bonds. The smallest absolute Gasteiger partial charge is 0.290 e. The molecule has 0 aliphatic heterocycles. The third-order valence-electron chi connectivity index (χ3n) is 4.36. The lowest BCUT2D eigenvalue weighted by atomic mass is 9.97. The molecule has 0 saturated carbocycles. The van der Waals surface area contributed by atoms with Crippen molar-refractivity contribution in [3.8, 4) is 11.3 Å². The second kappa shape index (κ2) is 7.38. The maximum atomic E-state index is 14.6. The summed E-state index contributed by atoms with van der Waals surface area (Å²) in [7, 11) is -1.97. The van der Waals surface area contributed by atoms with E-state index in [2.05, 4.69) is 4.98 Å². The Morgan fingerprint density at radius 2 is 1.86 bits per heavy atom. The van der Waals surface area contributed by atoms with Gasteiger partial charge in [0.2, 0.25) is 0 Å². The van der Waals surface area contributed by atoms with E-state index in [1.165, 1.54) is 16.7 Å². The molecular weight excluding hydrogens is 397 g/mol. The number of aryl methyl sites for hydroxylation is 1. The van der Waals surface area contributed by atoms with Crippen LogP contribution in [-0.2, 0) is 34.5 Å². The molecule has 0 N–H and O–H groups in total. The Balaban J connectivity index is 2.01. The minimum atomic E-state index is -3.61. The predicted octanol–water partition coefficient (Wildman–Crippen LogP) is 3.06. The molecule has 0 aliphatic carbocycles. The lowest BCUT2D eigenvalue weighted by molar-refractivity contribution is 0.311. The van der Waals surface area contributed by atoms with Crippen molar-refractivity contribution < 1.29 is 17.0 Å². The topological polar surface area (TPSA) is 83.2 Å². The normalized spacial score (nSPS) is 12.6. The van der Waals surface area contributed by atoms with Gasteiger partial charge in [-0.1, -0.05) is 26.8 Å². The summed E-state index contributed by atoms with van der Waals surface area (Å²) >= 11 is 0. The van der Waals surface area contributed by atoms with Crippen molar-refractivity contribution in [1.29, 1.82) is 0 Å². The molecule has 3 aromatic rings. The van der Waals surface area contributed by atoms with Gasteiger partial charge in [-0.3, -0.25) is 13.3 Å². The van der Waals surface area contributed by atoms with E-state index < -0.39 is 15.9 Å². The fourth-order valence-electron chi connectivity index (χ4n) is 3.08. The van der Waals surface area contributed by atoms with Crippen LogP contribution in [-0.4, -0.2) is 28.8 Å². The number of hydrogen-bond acceptors (Lipinski definition) is 5. The van der Waals surface area contributed by atoms with Gasteiger partial charge < -0.3 is 0 Å². The molecule has 0 unspecified atom stereocenters. The quantitative estimate of drug-likeness (QED) is 0.591. The number of pyridine rings is 1. The summed E-state index contributed by atoms with van der Waals surface area (Å²) in [5.41, 5.74) is 1.93. The fraction of sp³-hybridized carbons (Fsp3) is 0.400. The number of halogens is 1. The highest BCUT2D eigenvalue weighted by atomic mass is 32.2. The van der Waals surface area contributed by atoms with E-state index >= 15 is 0 Å². The number of fused-ring (bicyclic) bond motifs is 1. The number of imidazole rings is 1. The largest absolute Gasteiger partial charge is 0.330 e. The highest BCUT2D eigenvalue weighted by Gasteiger charge is 2.19. The Morgan fingerprint density at radius 3 is 2.45 bits per heavy atom. The van der Waals surface area contributed by atoms with Crippen LogP contribution in [0, 0.1) is 11.2 Å². The Kier molecular flexibility index (Phi) is 5.40. The molecule has 1 aromatic carbocycles. The first-order valence-electron chi connectivity index (χ1n) is 9.05. The van der Waals surface area contributed by atoms with Crippen molar-refractivity contribution in [1.82, 2.24) is 14.1 Å². The van der Waals surface area contributed by atoms with Crippen molar-refractivity contribution >= 4 is 21.3 Å². The Morgan fingerprint density at radius 1 is 1.17 bits per heavy atom. The first-order valence-corrected chi connectivity index (χ1v) is 10.9. The highest BCUT2D eigenvalue weighted by molar-refractivity contribution is 7.85. The minimum absolute atomic E-state index is 0.0905. The lowest BCUT2D eigenvalue weighted by Crippen LogP contribution is -2.27. The summed E-state index contributed by atoms with van der Waals surface area (Å²) in [5, 5.41) is 0. The molecule has 29 heavy (non-hydrogen) atoms. The summed E-state index contributed by atoms with van der Waals surface area (Å²) < 4.78 is 44.7. The average Bonchev–Trinajstić information content (AvgIpc) is 2.83. The van der Waals surface area contributed by atoms with E-state index in [4.69, 9.17) is 4.18 Å². The third kappa shape index (κ3) is 4.73. The van der Waals surface area contributed by atoms with Crippen LogP contribution in [0.25, 0.3) is 22.4 Å². The molecule has 0 atom stereocenters. The first kappa shape index (κ1) is 21.2. The minimum Gasteiger partial charge on any atom is -0.290 e. The SMILES string of the molecule is Cn1c(=O)n(CC(C)(C)C)c2ccc(-c3ccc(COS(C)(=O)=O)cc3F)nc21. The van der Waals surface area contributed by atoms with Crippen molar-refractivity contribution in [2.24, 2.45) is 12.5 Å². The van der Waals surface area contributed by atoms with Crippen LogP contribution in [0.15, 0.2) is 35.1 Å². The summed E-state index contributed by atoms with van der Waals surface area (Å²) in [6.45, 7) is 6.43. The molecule has 2 heterocycles. The fourth-order valence-corrected chi connectivity index (χ4v) is 3.43. The Labute approximate surface area is 168 Å². The molecule has 0 bridgehead atoms. The van der Waals surface area contributed by atoms with E-state index in [1.54, 1.807) is 29.8 Å². The van der Waals surface area contributed by atoms with Crippen LogP contribution >= 0.6 is 0 Å². The van der Waals surface area contributed by atoms with Gasteiger partial charge in [-0.05, 0) is 35.2 Å². The molecule has 0 spiro atoms. The zero-order chi connectivity index (χ0) is 21.6. The van der Waals surface area contributed by atoms with Gasteiger partial charge in [0.1, 0.15) is 5.82 Å². The maximum Gasteiger partial charge on any atom is 0.330 e.